The minimum Gasteiger partial charge on any atom is -0.461 e. The summed E-state index contributed by atoms with van der Waals surface area (Å²) in [6.07, 6.45) is 1.60. The van der Waals surface area contributed by atoms with Crippen LogP contribution >= 0.6 is 12.4 Å². The SMILES string of the molecule is C[C@@H]1CN(c2cc3nc(-c4ccco4)nn3c(N)n2)C[C@H](C)N1C.Cl. The number of hydrogen-bond acceptors (Lipinski definition) is 7. The van der Waals surface area contributed by atoms with Crippen LogP contribution in [0.4, 0.5) is 11.8 Å². The van der Waals surface area contributed by atoms with Crippen LogP contribution in [0.1, 0.15) is 13.8 Å². The summed E-state index contributed by atoms with van der Waals surface area (Å²) in [6.45, 7) is 6.25. The van der Waals surface area contributed by atoms with Crippen molar-refractivity contribution in [3.05, 3.63) is 24.5 Å². The molecule has 1 aliphatic rings. The van der Waals surface area contributed by atoms with E-state index in [1.54, 1.807) is 16.8 Å². The Labute approximate surface area is 152 Å². The molecule has 0 aliphatic carbocycles. The summed E-state index contributed by atoms with van der Waals surface area (Å²) in [7, 11) is 2.16. The number of nitrogens with zero attached hydrogens (tertiary/aromatic N) is 6. The fourth-order valence-electron chi connectivity index (χ4n) is 3.16. The van der Waals surface area contributed by atoms with Crippen molar-refractivity contribution in [1.82, 2.24) is 24.5 Å². The highest BCUT2D eigenvalue weighted by molar-refractivity contribution is 5.85. The predicted molar refractivity (Wildman–Crippen MR) is 99.0 cm³/mol. The highest BCUT2D eigenvalue weighted by Gasteiger charge is 2.28. The minimum absolute atomic E-state index is 0. The van der Waals surface area contributed by atoms with Gasteiger partial charge in [0.05, 0.1) is 6.26 Å². The van der Waals surface area contributed by atoms with E-state index in [0.717, 1.165) is 18.9 Å². The topological polar surface area (TPSA) is 88.7 Å². The van der Waals surface area contributed by atoms with E-state index < -0.39 is 0 Å². The Kier molecular flexibility index (Phi) is 4.57. The molecule has 4 heterocycles. The maximum Gasteiger partial charge on any atom is 0.225 e. The zero-order chi connectivity index (χ0) is 16.8. The lowest BCUT2D eigenvalue weighted by Gasteiger charge is -2.42. The van der Waals surface area contributed by atoms with Gasteiger partial charge in [-0.1, -0.05) is 0 Å². The smallest absolute Gasteiger partial charge is 0.225 e. The van der Waals surface area contributed by atoms with Crippen LogP contribution < -0.4 is 10.6 Å². The van der Waals surface area contributed by atoms with E-state index in [4.69, 9.17) is 10.2 Å². The van der Waals surface area contributed by atoms with Crippen molar-refractivity contribution in [2.75, 3.05) is 30.8 Å². The van der Waals surface area contributed by atoms with Gasteiger partial charge in [0.15, 0.2) is 11.4 Å². The lowest BCUT2D eigenvalue weighted by atomic mass is 10.1. The lowest BCUT2D eigenvalue weighted by molar-refractivity contribution is 0.169. The molecule has 0 bridgehead atoms. The molecule has 0 unspecified atom stereocenters. The summed E-state index contributed by atoms with van der Waals surface area (Å²) < 4.78 is 6.91. The van der Waals surface area contributed by atoms with Crippen LogP contribution in [0.25, 0.3) is 17.2 Å². The molecular weight excluding hydrogens is 342 g/mol. The van der Waals surface area contributed by atoms with E-state index in [1.807, 2.05) is 12.1 Å². The maximum atomic E-state index is 6.11. The summed E-state index contributed by atoms with van der Waals surface area (Å²) in [6, 6.07) is 6.46. The Morgan fingerprint density at radius 1 is 1.20 bits per heavy atom. The van der Waals surface area contributed by atoms with Crippen LogP contribution in [0, 0.1) is 0 Å². The summed E-state index contributed by atoms with van der Waals surface area (Å²) in [5, 5.41) is 4.38. The lowest BCUT2D eigenvalue weighted by Crippen LogP contribution is -2.55. The second kappa shape index (κ2) is 6.53. The molecule has 3 aromatic heterocycles. The van der Waals surface area contributed by atoms with Crippen molar-refractivity contribution < 1.29 is 4.42 Å². The summed E-state index contributed by atoms with van der Waals surface area (Å²) >= 11 is 0. The van der Waals surface area contributed by atoms with Crippen LogP contribution in [0.5, 0.6) is 0 Å². The van der Waals surface area contributed by atoms with Gasteiger partial charge in [-0.2, -0.15) is 9.50 Å². The normalized spacial score (nSPS) is 21.5. The molecule has 4 rings (SSSR count). The monoisotopic (exact) mass is 363 g/mol. The Bertz CT molecular complexity index is 851. The number of nitrogens with two attached hydrogens (primary N) is 1. The number of nitrogen functional groups attached to an aromatic ring is 1. The molecule has 0 aromatic carbocycles. The van der Waals surface area contributed by atoms with Crippen molar-refractivity contribution in [2.45, 2.75) is 25.9 Å². The highest BCUT2D eigenvalue weighted by atomic mass is 35.5. The molecule has 3 aromatic rings. The number of piperazine rings is 1. The van der Waals surface area contributed by atoms with Crippen LogP contribution in [-0.2, 0) is 0 Å². The van der Waals surface area contributed by atoms with Crippen molar-refractivity contribution in [3.8, 4) is 11.6 Å². The van der Waals surface area contributed by atoms with Gasteiger partial charge in [-0.05, 0) is 33.0 Å². The van der Waals surface area contributed by atoms with Crippen molar-refractivity contribution in [2.24, 2.45) is 0 Å². The Hall–Kier alpha value is -2.32. The van der Waals surface area contributed by atoms with Gasteiger partial charge in [0.1, 0.15) is 5.82 Å². The van der Waals surface area contributed by atoms with Gasteiger partial charge in [-0.3, -0.25) is 4.90 Å². The molecular formula is C16H22ClN7O. The molecule has 25 heavy (non-hydrogen) atoms. The number of hydrogen-bond donors (Lipinski definition) is 1. The summed E-state index contributed by atoms with van der Waals surface area (Å²) in [5.41, 5.74) is 6.78. The number of aromatic nitrogens is 4. The molecule has 9 heteroatoms. The van der Waals surface area contributed by atoms with Gasteiger partial charge in [-0.25, -0.2) is 4.98 Å². The third kappa shape index (κ3) is 3.03. The fraction of sp³-hybridized carbons (Fsp3) is 0.438. The third-order valence-electron chi connectivity index (χ3n) is 4.76. The first kappa shape index (κ1) is 17.5. The number of anilines is 2. The zero-order valence-electron chi connectivity index (χ0n) is 14.5. The molecule has 1 aliphatic heterocycles. The molecule has 1 saturated heterocycles. The predicted octanol–water partition coefficient (Wildman–Crippen LogP) is 1.92. The van der Waals surface area contributed by atoms with E-state index >= 15 is 0 Å². The Balaban J connectivity index is 0.00000182. The molecule has 134 valence electrons. The quantitative estimate of drug-likeness (QED) is 0.743. The van der Waals surface area contributed by atoms with Gasteiger partial charge >= 0.3 is 0 Å². The van der Waals surface area contributed by atoms with Crippen molar-refractivity contribution >= 4 is 29.8 Å². The molecule has 0 spiro atoms. The van der Waals surface area contributed by atoms with E-state index in [0.29, 0.717) is 35.3 Å². The van der Waals surface area contributed by atoms with Gasteiger partial charge in [-0.15, -0.1) is 17.5 Å². The number of fused-ring (bicyclic) bond motifs is 1. The van der Waals surface area contributed by atoms with Gasteiger partial charge in [0.25, 0.3) is 0 Å². The number of furan rings is 1. The average Bonchev–Trinajstić information content (AvgIpc) is 3.20. The standard InChI is InChI=1S/C16H21N7O.ClH/c1-10-8-22(9-11(2)21(10)3)13-7-14-18-15(12-5-4-6-24-12)20-23(14)16(17)19-13;/h4-7,10-11H,8-9H2,1-3H3,(H2,17,19);1H/t10-,11+;. The average molecular weight is 364 g/mol. The third-order valence-corrected chi connectivity index (χ3v) is 4.76. The Morgan fingerprint density at radius 2 is 1.92 bits per heavy atom. The van der Waals surface area contributed by atoms with Crippen molar-refractivity contribution in [3.63, 3.8) is 0 Å². The fourth-order valence-corrected chi connectivity index (χ4v) is 3.16. The van der Waals surface area contributed by atoms with Gasteiger partial charge in [0.2, 0.25) is 11.8 Å². The van der Waals surface area contributed by atoms with Crippen LogP contribution in [0.3, 0.4) is 0 Å². The molecule has 2 atom stereocenters. The minimum atomic E-state index is 0. The summed E-state index contributed by atoms with van der Waals surface area (Å²) in [4.78, 5) is 13.7. The van der Waals surface area contributed by atoms with E-state index in [-0.39, 0.29) is 12.4 Å². The molecule has 2 N–H and O–H groups in total. The maximum absolute atomic E-state index is 6.11. The highest BCUT2D eigenvalue weighted by Crippen LogP contribution is 2.24. The first-order valence-corrected chi connectivity index (χ1v) is 8.07. The van der Waals surface area contributed by atoms with Crippen LogP contribution in [-0.4, -0.2) is 56.7 Å². The van der Waals surface area contributed by atoms with Gasteiger partial charge < -0.3 is 15.1 Å². The summed E-state index contributed by atoms with van der Waals surface area (Å²) in [5.74, 6) is 2.28. The van der Waals surface area contributed by atoms with Crippen LogP contribution in [0.15, 0.2) is 28.9 Å². The first-order valence-electron chi connectivity index (χ1n) is 8.07. The van der Waals surface area contributed by atoms with Crippen molar-refractivity contribution in [1.29, 1.82) is 0 Å². The first-order chi connectivity index (χ1) is 11.5. The molecule has 0 saturated carbocycles. The zero-order valence-corrected chi connectivity index (χ0v) is 15.3. The Morgan fingerprint density at radius 3 is 2.56 bits per heavy atom. The molecule has 0 amide bonds. The molecule has 1 fully saturated rings. The van der Waals surface area contributed by atoms with E-state index in [1.165, 1.54) is 0 Å². The van der Waals surface area contributed by atoms with Gasteiger partial charge in [0, 0.05) is 31.2 Å². The largest absolute Gasteiger partial charge is 0.461 e. The second-order valence-electron chi connectivity index (χ2n) is 6.42. The van der Waals surface area contributed by atoms with Crippen LogP contribution in [0.2, 0.25) is 0 Å². The number of likely N-dealkylation sites (N-methyl/N-ethyl adjacent to an activating group) is 1. The van der Waals surface area contributed by atoms with E-state index in [9.17, 15) is 0 Å². The number of halogens is 1. The number of rotatable bonds is 2. The molecule has 0 radical (unpaired) electrons. The molecule has 8 nitrogen and oxygen atoms in total. The van der Waals surface area contributed by atoms with E-state index in [2.05, 4.69) is 45.8 Å². The second-order valence-corrected chi connectivity index (χ2v) is 6.42.